The second-order valence-electron chi connectivity index (χ2n) is 3.63. The highest BCUT2D eigenvalue weighted by atomic mass is 35.5. The predicted molar refractivity (Wildman–Crippen MR) is 59.6 cm³/mol. The Kier molecular flexibility index (Phi) is 2.51. The zero-order valence-electron chi connectivity index (χ0n) is 8.72. The van der Waals surface area contributed by atoms with Crippen LogP contribution in [0.2, 0.25) is 5.02 Å². The molecule has 0 spiro atoms. The van der Waals surface area contributed by atoms with E-state index in [0.717, 1.165) is 0 Å². The zero-order valence-corrected chi connectivity index (χ0v) is 9.47. The number of nitro groups is 1. The van der Waals surface area contributed by atoms with Crippen LogP contribution in [0, 0.1) is 10.1 Å². The molecular formula is C9H9ClN4O2. The van der Waals surface area contributed by atoms with Crippen molar-refractivity contribution >= 4 is 28.3 Å². The van der Waals surface area contributed by atoms with Gasteiger partial charge in [0, 0.05) is 0 Å². The van der Waals surface area contributed by atoms with Crippen molar-refractivity contribution in [3.05, 3.63) is 27.3 Å². The standard InChI is InChI=1S/C9H9ClN4O2/c1-5(2)13-11-7-4-3-6(10)9(14(15)16)8(7)12-13/h3-5H,1-2H3. The summed E-state index contributed by atoms with van der Waals surface area (Å²) in [6.07, 6.45) is 0. The van der Waals surface area contributed by atoms with Crippen LogP contribution in [0.1, 0.15) is 19.9 Å². The number of rotatable bonds is 2. The highest BCUT2D eigenvalue weighted by Crippen LogP contribution is 2.31. The Morgan fingerprint density at radius 2 is 2.12 bits per heavy atom. The number of aromatic nitrogens is 3. The van der Waals surface area contributed by atoms with Crippen LogP contribution in [0.25, 0.3) is 11.0 Å². The Labute approximate surface area is 96.0 Å². The number of benzene rings is 1. The third-order valence-corrected chi connectivity index (χ3v) is 2.44. The van der Waals surface area contributed by atoms with E-state index in [0.29, 0.717) is 5.52 Å². The van der Waals surface area contributed by atoms with Gasteiger partial charge in [-0.25, -0.2) is 0 Å². The van der Waals surface area contributed by atoms with E-state index in [1.54, 1.807) is 6.07 Å². The fraction of sp³-hybridized carbons (Fsp3) is 0.333. The van der Waals surface area contributed by atoms with E-state index in [1.807, 2.05) is 13.8 Å². The monoisotopic (exact) mass is 240 g/mol. The van der Waals surface area contributed by atoms with E-state index in [2.05, 4.69) is 10.2 Å². The molecule has 1 aromatic carbocycles. The Bertz CT molecular complexity index is 564. The fourth-order valence-corrected chi connectivity index (χ4v) is 1.58. The smallest absolute Gasteiger partial charge is 0.258 e. The maximum atomic E-state index is 10.9. The number of hydrogen-bond donors (Lipinski definition) is 0. The second-order valence-corrected chi connectivity index (χ2v) is 4.04. The van der Waals surface area contributed by atoms with Crippen LogP contribution in [-0.4, -0.2) is 19.9 Å². The van der Waals surface area contributed by atoms with Gasteiger partial charge in [-0.05, 0) is 26.0 Å². The van der Waals surface area contributed by atoms with Crippen LogP contribution >= 0.6 is 11.6 Å². The lowest BCUT2D eigenvalue weighted by atomic mass is 10.3. The van der Waals surface area contributed by atoms with Crippen LogP contribution in [0.15, 0.2) is 12.1 Å². The minimum Gasteiger partial charge on any atom is -0.258 e. The van der Waals surface area contributed by atoms with E-state index >= 15 is 0 Å². The third kappa shape index (κ3) is 1.61. The predicted octanol–water partition coefficient (Wildman–Crippen LogP) is 2.57. The molecule has 1 heterocycles. The summed E-state index contributed by atoms with van der Waals surface area (Å²) in [5.74, 6) is 0. The summed E-state index contributed by atoms with van der Waals surface area (Å²) in [5, 5.41) is 19.1. The molecule has 6 nitrogen and oxygen atoms in total. The summed E-state index contributed by atoms with van der Waals surface area (Å²) in [6, 6.07) is 3.13. The minimum atomic E-state index is -0.538. The summed E-state index contributed by atoms with van der Waals surface area (Å²) in [6.45, 7) is 3.79. The van der Waals surface area contributed by atoms with Crippen molar-refractivity contribution in [3.8, 4) is 0 Å². The maximum Gasteiger partial charge on any atom is 0.317 e. The first-order valence-electron chi connectivity index (χ1n) is 4.70. The van der Waals surface area contributed by atoms with Gasteiger partial charge in [-0.15, -0.1) is 5.10 Å². The van der Waals surface area contributed by atoms with Gasteiger partial charge in [-0.1, -0.05) is 11.6 Å². The molecule has 16 heavy (non-hydrogen) atoms. The molecule has 0 aliphatic carbocycles. The SMILES string of the molecule is CC(C)n1nc2ccc(Cl)c([N+](=O)[O-])c2n1. The van der Waals surface area contributed by atoms with Crippen molar-refractivity contribution in [2.24, 2.45) is 0 Å². The zero-order chi connectivity index (χ0) is 11.9. The lowest BCUT2D eigenvalue weighted by molar-refractivity contribution is -0.383. The van der Waals surface area contributed by atoms with E-state index in [-0.39, 0.29) is 22.3 Å². The highest BCUT2D eigenvalue weighted by molar-refractivity contribution is 6.33. The Balaban J connectivity index is 2.77. The van der Waals surface area contributed by atoms with Crippen LogP contribution in [0.3, 0.4) is 0 Å². The Hall–Kier alpha value is -1.69. The van der Waals surface area contributed by atoms with Gasteiger partial charge >= 0.3 is 5.69 Å². The van der Waals surface area contributed by atoms with Crippen LogP contribution < -0.4 is 0 Å². The van der Waals surface area contributed by atoms with Crippen molar-refractivity contribution in [1.82, 2.24) is 15.0 Å². The molecule has 0 aliphatic rings. The van der Waals surface area contributed by atoms with E-state index in [1.165, 1.54) is 10.9 Å². The molecule has 84 valence electrons. The van der Waals surface area contributed by atoms with Crippen LogP contribution in [-0.2, 0) is 0 Å². The first-order chi connectivity index (χ1) is 7.50. The van der Waals surface area contributed by atoms with Gasteiger partial charge in [0.25, 0.3) is 0 Å². The average Bonchev–Trinajstić information content (AvgIpc) is 2.60. The summed E-state index contributed by atoms with van der Waals surface area (Å²) >= 11 is 5.77. The molecule has 2 aromatic rings. The van der Waals surface area contributed by atoms with Crippen LogP contribution in [0.4, 0.5) is 5.69 Å². The van der Waals surface area contributed by atoms with Gasteiger partial charge in [0.05, 0.1) is 11.0 Å². The quantitative estimate of drug-likeness (QED) is 0.597. The van der Waals surface area contributed by atoms with E-state index in [4.69, 9.17) is 11.6 Å². The van der Waals surface area contributed by atoms with Gasteiger partial charge in [0.1, 0.15) is 10.5 Å². The molecule has 0 unspecified atom stereocenters. The van der Waals surface area contributed by atoms with Crippen molar-refractivity contribution < 1.29 is 4.92 Å². The number of nitro benzene ring substituents is 1. The van der Waals surface area contributed by atoms with Gasteiger partial charge < -0.3 is 0 Å². The first kappa shape index (κ1) is 10.8. The van der Waals surface area contributed by atoms with Crippen molar-refractivity contribution in [1.29, 1.82) is 0 Å². The van der Waals surface area contributed by atoms with E-state index < -0.39 is 4.92 Å². The maximum absolute atomic E-state index is 10.9. The van der Waals surface area contributed by atoms with Crippen molar-refractivity contribution in [2.75, 3.05) is 0 Å². The Morgan fingerprint density at radius 3 is 2.69 bits per heavy atom. The van der Waals surface area contributed by atoms with Gasteiger partial charge in [-0.2, -0.15) is 9.90 Å². The van der Waals surface area contributed by atoms with Crippen LogP contribution in [0.5, 0.6) is 0 Å². The molecule has 0 saturated carbocycles. The second kappa shape index (κ2) is 3.71. The van der Waals surface area contributed by atoms with Gasteiger partial charge in [0.15, 0.2) is 5.52 Å². The molecule has 1 aromatic heterocycles. The lowest BCUT2D eigenvalue weighted by Gasteiger charge is -1.99. The Morgan fingerprint density at radius 1 is 1.44 bits per heavy atom. The molecule has 2 rings (SSSR count). The molecular weight excluding hydrogens is 232 g/mol. The van der Waals surface area contributed by atoms with E-state index in [9.17, 15) is 10.1 Å². The fourth-order valence-electron chi connectivity index (χ4n) is 1.36. The molecule has 0 N–H and O–H groups in total. The summed E-state index contributed by atoms with van der Waals surface area (Å²) in [4.78, 5) is 11.8. The van der Waals surface area contributed by atoms with Gasteiger partial charge in [0.2, 0.25) is 0 Å². The normalized spacial score (nSPS) is 11.2. The molecule has 0 atom stereocenters. The topological polar surface area (TPSA) is 73.8 Å². The third-order valence-electron chi connectivity index (χ3n) is 2.14. The summed E-state index contributed by atoms with van der Waals surface area (Å²) in [5.41, 5.74) is 0.516. The molecule has 0 radical (unpaired) electrons. The summed E-state index contributed by atoms with van der Waals surface area (Å²) in [7, 11) is 0. The number of nitrogens with zero attached hydrogens (tertiary/aromatic N) is 4. The van der Waals surface area contributed by atoms with Crippen molar-refractivity contribution in [3.63, 3.8) is 0 Å². The van der Waals surface area contributed by atoms with Gasteiger partial charge in [-0.3, -0.25) is 10.1 Å². The highest BCUT2D eigenvalue weighted by Gasteiger charge is 2.21. The summed E-state index contributed by atoms with van der Waals surface area (Å²) < 4.78 is 0. The molecule has 0 aliphatic heterocycles. The molecule has 0 fully saturated rings. The largest absolute Gasteiger partial charge is 0.317 e. The van der Waals surface area contributed by atoms with Crippen molar-refractivity contribution in [2.45, 2.75) is 19.9 Å². The molecule has 7 heteroatoms. The number of halogens is 1. The molecule has 0 saturated heterocycles. The average molecular weight is 241 g/mol. The minimum absolute atomic E-state index is 0.0470. The number of hydrogen-bond acceptors (Lipinski definition) is 4. The molecule has 0 amide bonds. The first-order valence-corrected chi connectivity index (χ1v) is 5.08. The number of fused-ring (bicyclic) bond motifs is 1. The lowest BCUT2D eigenvalue weighted by Crippen LogP contribution is -2.04. The molecule has 0 bridgehead atoms.